The van der Waals surface area contributed by atoms with Gasteiger partial charge in [-0.3, -0.25) is 9.78 Å². The van der Waals surface area contributed by atoms with Crippen LogP contribution in [0.4, 0.5) is 0 Å². The van der Waals surface area contributed by atoms with E-state index < -0.39 is 24.1 Å². The Morgan fingerprint density at radius 3 is 1.54 bits per heavy atom. The van der Waals surface area contributed by atoms with Gasteiger partial charge in [0.05, 0.1) is 0 Å². The molecule has 76 valence electrons. The largest absolute Gasteiger partial charge is 0.382 e. The first-order valence-electron chi connectivity index (χ1n) is 3.40. The molecule has 0 aromatic rings. The van der Waals surface area contributed by atoms with Gasteiger partial charge in [0.2, 0.25) is 0 Å². The molecule has 0 aliphatic heterocycles. The topological polar surface area (TPSA) is 102 Å². The molecule has 0 saturated heterocycles. The van der Waals surface area contributed by atoms with Gasteiger partial charge in [-0.15, -0.1) is 0 Å². The SMILES string of the molecule is CC(O)C(=O)OOOC(=O)C(C)O. The van der Waals surface area contributed by atoms with E-state index in [2.05, 4.69) is 14.8 Å². The van der Waals surface area contributed by atoms with E-state index >= 15 is 0 Å². The average molecular weight is 194 g/mol. The van der Waals surface area contributed by atoms with Crippen molar-refractivity contribution in [3.8, 4) is 0 Å². The van der Waals surface area contributed by atoms with Crippen LogP contribution in [0.15, 0.2) is 0 Å². The molecule has 0 radical (unpaired) electrons. The molecular formula is C6H10O7. The minimum absolute atomic E-state index is 1.11. The van der Waals surface area contributed by atoms with Crippen LogP contribution in [-0.2, 0) is 24.4 Å². The molecular weight excluding hydrogens is 184 g/mol. The molecule has 0 heterocycles. The van der Waals surface area contributed by atoms with Gasteiger partial charge in [0.15, 0.2) is 12.2 Å². The summed E-state index contributed by atoms with van der Waals surface area (Å²) in [4.78, 5) is 28.4. The van der Waals surface area contributed by atoms with Crippen molar-refractivity contribution in [1.29, 1.82) is 0 Å². The third kappa shape index (κ3) is 5.12. The number of aliphatic hydroxyl groups excluding tert-OH is 2. The smallest absolute Gasteiger partial charge is 0.374 e. The number of hydrogen-bond acceptors (Lipinski definition) is 7. The summed E-state index contributed by atoms with van der Waals surface area (Å²) in [5, 5.41) is 20.8. The third-order valence-corrected chi connectivity index (χ3v) is 0.915. The predicted octanol–water partition coefficient (Wildman–Crippen LogP) is -1.32. The summed E-state index contributed by atoms with van der Waals surface area (Å²) < 4.78 is 0. The highest BCUT2D eigenvalue weighted by molar-refractivity contribution is 5.74. The first kappa shape index (κ1) is 11.8. The molecule has 0 saturated carbocycles. The van der Waals surface area contributed by atoms with Crippen molar-refractivity contribution >= 4 is 11.9 Å². The molecule has 0 aliphatic carbocycles. The van der Waals surface area contributed by atoms with Crippen LogP contribution >= 0.6 is 0 Å². The number of rotatable bonds is 4. The molecule has 7 nitrogen and oxygen atoms in total. The summed E-state index contributed by atoms with van der Waals surface area (Å²) in [5.74, 6) is -2.23. The summed E-state index contributed by atoms with van der Waals surface area (Å²) in [6, 6.07) is 0. The second-order valence-corrected chi connectivity index (χ2v) is 2.22. The Morgan fingerprint density at radius 2 is 1.31 bits per heavy atom. The monoisotopic (exact) mass is 194 g/mol. The highest BCUT2D eigenvalue weighted by Gasteiger charge is 2.16. The van der Waals surface area contributed by atoms with Gasteiger partial charge >= 0.3 is 11.9 Å². The van der Waals surface area contributed by atoms with Gasteiger partial charge in [0.25, 0.3) is 0 Å². The fourth-order valence-corrected chi connectivity index (χ4v) is 0.223. The van der Waals surface area contributed by atoms with Gasteiger partial charge in [-0.2, -0.15) is 0 Å². The average Bonchev–Trinajstić information content (AvgIpc) is 2.03. The van der Waals surface area contributed by atoms with E-state index in [1.807, 2.05) is 0 Å². The van der Waals surface area contributed by atoms with Gasteiger partial charge in [0, 0.05) is 5.04 Å². The lowest BCUT2D eigenvalue weighted by Gasteiger charge is -2.04. The van der Waals surface area contributed by atoms with E-state index in [4.69, 9.17) is 10.2 Å². The highest BCUT2D eigenvalue weighted by Crippen LogP contribution is 1.92. The van der Waals surface area contributed by atoms with E-state index in [0.29, 0.717) is 0 Å². The first-order valence-corrected chi connectivity index (χ1v) is 3.40. The maximum absolute atomic E-state index is 10.4. The van der Waals surface area contributed by atoms with E-state index in [1.54, 1.807) is 0 Å². The van der Waals surface area contributed by atoms with Gasteiger partial charge in [-0.1, -0.05) is 0 Å². The zero-order valence-electron chi connectivity index (χ0n) is 7.09. The van der Waals surface area contributed by atoms with Crippen LogP contribution in [0, 0.1) is 0 Å². The second kappa shape index (κ2) is 5.46. The molecule has 0 spiro atoms. The van der Waals surface area contributed by atoms with Crippen LogP contribution in [0.2, 0.25) is 0 Å². The van der Waals surface area contributed by atoms with Crippen molar-refractivity contribution in [2.45, 2.75) is 26.1 Å². The Morgan fingerprint density at radius 1 is 1.00 bits per heavy atom. The molecule has 2 atom stereocenters. The zero-order chi connectivity index (χ0) is 10.4. The molecule has 0 aliphatic rings. The van der Waals surface area contributed by atoms with Gasteiger partial charge in [-0.05, 0) is 13.8 Å². The number of aliphatic hydroxyl groups is 2. The molecule has 0 bridgehead atoms. The fourth-order valence-electron chi connectivity index (χ4n) is 0.223. The molecule has 0 amide bonds. The van der Waals surface area contributed by atoms with Gasteiger partial charge < -0.3 is 10.2 Å². The highest BCUT2D eigenvalue weighted by atomic mass is 17.5. The third-order valence-electron chi connectivity index (χ3n) is 0.915. The van der Waals surface area contributed by atoms with Crippen LogP contribution in [0.5, 0.6) is 0 Å². The van der Waals surface area contributed by atoms with Gasteiger partial charge in [-0.25, -0.2) is 9.59 Å². The summed E-state index contributed by atoms with van der Waals surface area (Å²) in [6.45, 7) is 2.28. The molecule has 2 unspecified atom stereocenters. The second-order valence-electron chi connectivity index (χ2n) is 2.22. The van der Waals surface area contributed by atoms with Crippen LogP contribution < -0.4 is 0 Å². The Labute approximate surface area is 73.7 Å². The summed E-state index contributed by atoms with van der Waals surface area (Å²) in [5.41, 5.74) is 0. The van der Waals surface area contributed by atoms with Gasteiger partial charge in [0.1, 0.15) is 0 Å². The first-order chi connectivity index (χ1) is 5.95. The minimum Gasteiger partial charge on any atom is -0.382 e. The van der Waals surface area contributed by atoms with Crippen molar-refractivity contribution in [1.82, 2.24) is 0 Å². The normalized spacial score (nSPS) is 14.5. The molecule has 0 fully saturated rings. The van der Waals surface area contributed by atoms with Crippen LogP contribution in [0.1, 0.15) is 13.8 Å². The van der Waals surface area contributed by atoms with Crippen molar-refractivity contribution in [3.05, 3.63) is 0 Å². The maximum atomic E-state index is 10.4. The van der Waals surface area contributed by atoms with Crippen molar-refractivity contribution in [2.24, 2.45) is 0 Å². The van der Waals surface area contributed by atoms with Crippen LogP contribution in [0.25, 0.3) is 0 Å². The van der Waals surface area contributed by atoms with Crippen molar-refractivity contribution in [3.63, 3.8) is 0 Å². The summed E-state index contributed by atoms with van der Waals surface area (Å²) in [6.07, 6.45) is -2.77. The number of carbonyl (C=O) groups excluding carboxylic acids is 2. The van der Waals surface area contributed by atoms with Crippen LogP contribution in [-0.4, -0.2) is 34.4 Å². The van der Waals surface area contributed by atoms with E-state index in [0.717, 1.165) is 13.8 Å². The van der Waals surface area contributed by atoms with E-state index in [-0.39, 0.29) is 0 Å². The molecule has 2 N–H and O–H groups in total. The Hall–Kier alpha value is -1.18. The van der Waals surface area contributed by atoms with Crippen LogP contribution in [0.3, 0.4) is 0 Å². The molecule has 0 aromatic carbocycles. The van der Waals surface area contributed by atoms with Crippen molar-refractivity contribution in [2.75, 3.05) is 0 Å². The Kier molecular flexibility index (Phi) is 4.97. The standard InChI is InChI=1S/C6H10O7/c1-3(7)5(9)11-13-12-6(10)4(2)8/h3-4,7-8H,1-2H3. The lowest BCUT2D eigenvalue weighted by atomic mass is 10.4. The number of hydrogen-bond donors (Lipinski definition) is 2. The zero-order valence-corrected chi connectivity index (χ0v) is 7.09. The minimum atomic E-state index is -1.38. The maximum Gasteiger partial charge on any atom is 0.374 e. The predicted molar refractivity (Wildman–Crippen MR) is 36.6 cm³/mol. The molecule has 0 aromatic heterocycles. The molecule has 13 heavy (non-hydrogen) atoms. The van der Waals surface area contributed by atoms with E-state index in [9.17, 15) is 9.59 Å². The lowest BCUT2D eigenvalue weighted by molar-refractivity contribution is -0.462. The Bertz CT molecular complexity index is 165. The number of carbonyl (C=O) groups is 2. The quantitative estimate of drug-likeness (QED) is 0.422. The van der Waals surface area contributed by atoms with Crippen molar-refractivity contribution < 1.29 is 34.6 Å². The summed E-state index contributed by atoms with van der Waals surface area (Å²) >= 11 is 0. The van der Waals surface area contributed by atoms with E-state index in [1.165, 1.54) is 0 Å². The fraction of sp³-hybridized carbons (Fsp3) is 0.667. The molecule has 7 heteroatoms. The lowest BCUT2D eigenvalue weighted by Crippen LogP contribution is -2.23. The Balaban J connectivity index is 3.57. The summed E-state index contributed by atoms with van der Waals surface area (Å²) in [7, 11) is 0. The molecule has 0 rings (SSSR count).